The van der Waals surface area contributed by atoms with Gasteiger partial charge in [0.05, 0.1) is 35.4 Å². The van der Waals surface area contributed by atoms with Gasteiger partial charge in [0.2, 0.25) is 6.41 Å². The molecule has 2 atom stereocenters. The van der Waals surface area contributed by atoms with Crippen LogP contribution in [0.1, 0.15) is 70.7 Å². The molecule has 35 heavy (non-hydrogen) atoms. The van der Waals surface area contributed by atoms with E-state index in [0.29, 0.717) is 29.7 Å². The second kappa shape index (κ2) is 10.2. The van der Waals surface area contributed by atoms with Crippen LogP contribution in [0.15, 0.2) is 42.4 Å². The second-order valence-electron chi connectivity index (χ2n) is 10.2. The summed E-state index contributed by atoms with van der Waals surface area (Å²) in [5.41, 5.74) is 1.67. The maximum absolute atomic E-state index is 13.2. The van der Waals surface area contributed by atoms with Gasteiger partial charge in [0.25, 0.3) is 5.91 Å². The normalized spacial score (nSPS) is 23.1. The van der Waals surface area contributed by atoms with E-state index in [-0.39, 0.29) is 23.7 Å². The number of hydrogen-bond acceptors (Lipinski definition) is 5. The minimum Gasteiger partial charge on any atom is -0.490 e. The topological polar surface area (TPSA) is 85.7 Å². The fraction of sp³-hybridized carbons (Fsp3) is 0.519. The van der Waals surface area contributed by atoms with Crippen LogP contribution < -0.4 is 10.1 Å². The van der Waals surface area contributed by atoms with Gasteiger partial charge >= 0.3 is 0 Å². The highest BCUT2D eigenvalue weighted by atomic mass is 16.5. The number of carbonyl (C=O) groups is 2. The number of nitrogens with one attached hydrogen (secondary N) is 1. The Labute approximate surface area is 206 Å². The summed E-state index contributed by atoms with van der Waals surface area (Å²) in [6.07, 6.45) is 12.3. The number of nitrogens with zero attached hydrogens (tertiary/aromatic N) is 3. The zero-order valence-electron chi connectivity index (χ0n) is 21.3. The molecule has 8 nitrogen and oxygen atoms in total. The van der Waals surface area contributed by atoms with E-state index in [1.54, 1.807) is 23.3 Å². The van der Waals surface area contributed by atoms with Crippen LogP contribution in [0.25, 0.3) is 10.9 Å². The van der Waals surface area contributed by atoms with Gasteiger partial charge in [-0.25, -0.2) is 0 Å². The van der Waals surface area contributed by atoms with Crippen LogP contribution >= 0.6 is 0 Å². The third-order valence-electron chi connectivity index (χ3n) is 6.54. The number of hydrogen-bond donors (Lipinski definition) is 1. The molecule has 2 heterocycles. The van der Waals surface area contributed by atoms with Crippen molar-refractivity contribution in [1.29, 1.82) is 0 Å². The molecule has 1 aliphatic carbocycles. The molecule has 1 saturated heterocycles. The van der Waals surface area contributed by atoms with E-state index < -0.39 is 0 Å². The first-order valence-electron chi connectivity index (χ1n) is 12.4. The molecule has 8 heteroatoms. The van der Waals surface area contributed by atoms with Crippen LogP contribution in [0.4, 0.5) is 0 Å². The molecule has 1 aromatic carbocycles. The maximum Gasteiger partial charge on any atom is 0.259 e. The van der Waals surface area contributed by atoms with E-state index in [9.17, 15) is 9.59 Å². The van der Waals surface area contributed by atoms with Crippen molar-refractivity contribution in [3.8, 4) is 5.75 Å². The smallest absolute Gasteiger partial charge is 0.259 e. The molecule has 0 bridgehead atoms. The van der Waals surface area contributed by atoms with Crippen molar-refractivity contribution >= 4 is 23.2 Å². The SMILES string of the molecule is C/C(=C\C=C/N(C=O)C1CC1)NC(=O)c1cc2cn([C@@]3(C)CCC(C)OC3)nc2cc1OC(C)C. The molecule has 1 saturated carbocycles. The van der Waals surface area contributed by atoms with Crippen molar-refractivity contribution in [3.63, 3.8) is 0 Å². The van der Waals surface area contributed by atoms with E-state index in [1.165, 1.54) is 0 Å². The number of ether oxygens (including phenoxy) is 2. The molecule has 188 valence electrons. The maximum atomic E-state index is 13.2. The quantitative estimate of drug-likeness (QED) is 0.422. The van der Waals surface area contributed by atoms with Gasteiger partial charge in [-0.1, -0.05) is 0 Å². The van der Waals surface area contributed by atoms with Crippen LogP contribution in [-0.4, -0.2) is 51.9 Å². The standard InChI is InChI=1S/C27H36N4O4/c1-18(2)35-25-14-24-21(15-31(29-24)27(5)11-10-20(4)34-16-27)13-23(25)26(33)28-19(3)7-6-12-30(17-32)22-8-9-22/h6-7,12-15,17-18,20,22H,8-11,16H2,1-5H3,(H,28,33)/b12-6-,19-7+/t20?,27-/m0/s1. The summed E-state index contributed by atoms with van der Waals surface area (Å²) in [5.74, 6) is 0.242. The Morgan fingerprint density at radius 2 is 2.11 bits per heavy atom. The van der Waals surface area contributed by atoms with Gasteiger partial charge < -0.3 is 19.7 Å². The van der Waals surface area contributed by atoms with E-state index in [1.807, 2.05) is 43.8 Å². The van der Waals surface area contributed by atoms with Gasteiger partial charge in [-0.2, -0.15) is 5.10 Å². The average Bonchev–Trinajstić information content (AvgIpc) is 3.56. The zero-order valence-corrected chi connectivity index (χ0v) is 21.3. The first-order chi connectivity index (χ1) is 16.7. The van der Waals surface area contributed by atoms with Crippen LogP contribution in [0, 0.1) is 0 Å². The molecule has 1 unspecified atom stereocenters. The van der Waals surface area contributed by atoms with E-state index in [0.717, 1.165) is 43.0 Å². The zero-order chi connectivity index (χ0) is 25.2. The van der Waals surface area contributed by atoms with Crippen LogP contribution in [0.5, 0.6) is 5.75 Å². The number of aromatic nitrogens is 2. The van der Waals surface area contributed by atoms with E-state index >= 15 is 0 Å². The van der Waals surface area contributed by atoms with Gasteiger partial charge in [-0.15, -0.1) is 0 Å². The average molecular weight is 481 g/mol. The predicted molar refractivity (Wildman–Crippen MR) is 135 cm³/mol. The van der Waals surface area contributed by atoms with Crippen molar-refractivity contribution in [1.82, 2.24) is 20.0 Å². The fourth-order valence-corrected chi connectivity index (χ4v) is 4.22. The Morgan fingerprint density at radius 3 is 2.74 bits per heavy atom. The highest BCUT2D eigenvalue weighted by molar-refractivity contribution is 6.01. The summed E-state index contributed by atoms with van der Waals surface area (Å²) in [7, 11) is 0. The highest BCUT2D eigenvalue weighted by Gasteiger charge is 2.33. The Hall–Kier alpha value is -3.13. The van der Waals surface area contributed by atoms with Crippen LogP contribution in [0.2, 0.25) is 0 Å². The van der Waals surface area contributed by atoms with Crippen molar-refractivity contribution in [2.24, 2.45) is 0 Å². The lowest BCUT2D eigenvalue weighted by Gasteiger charge is -2.36. The molecule has 1 aromatic heterocycles. The molecular weight excluding hydrogens is 444 g/mol. The lowest BCUT2D eigenvalue weighted by Crippen LogP contribution is -2.41. The number of allylic oxidation sites excluding steroid dienone is 3. The summed E-state index contributed by atoms with van der Waals surface area (Å²) in [6.45, 7) is 10.5. The molecule has 1 aliphatic heterocycles. The fourth-order valence-electron chi connectivity index (χ4n) is 4.22. The molecule has 1 N–H and O–H groups in total. The molecule has 0 spiro atoms. The Morgan fingerprint density at radius 1 is 1.34 bits per heavy atom. The predicted octanol–water partition coefficient (Wildman–Crippen LogP) is 4.51. The van der Waals surface area contributed by atoms with Gasteiger partial charge in [0.15, 0.2) is 0 Å². The summed E-state index contributed by atoms with van der Waals surface area (Å²) in [5, 5.41) is 8.62. The minimum absolute atomic E-state index is 0.0943. The van der Waals surface area contributed by atoms with Gasteiger partial charge in [0.1, 0.15) is 5.75 Å². The molecule has 4 rings (SSSR count). The second-order valence-corrected chi connectivity index (χ2v) is 10.2. The van der Waals surface area contributed by atoms with Gasteiger partial charge in [-0.3, -0.25) is 14.3 Å². The van der Waals surface area contributed by atoms with Crippen molar-refractivity contribution in [3.05, 3.63) is 47.9 Å². The van der Waals surface area contributed by atoms with E-state index in [4.69, 9.17) is 14.6 Å². The van der Waals surface area contributed by atoms with Crippen LogP contribution in [-0.2, 0) is 15.1 Å². The molecule has 2 aliphatic rings. The summed E-state index contributed by atoms with van der Waals surface area (Å²) >= 11 is 0. The molecule has 2 aromatic rings. The number of benzene rings is 1. The minimum atomic E-state index is -0.257. The van der Waals surface area contributed by atoms with Crippen molar-refractivity contribution < 1.29 is 19.1 Å². The lowest BCUT2D eigenvalue weighted by molar-refractivity contribution is -0.116. The van der Waals surface area contributed by atoms with Gasteiger partial charge in [0, 0.05) is 35.6 Å². The summed E-state index contributed by atoms with van der Waals surface area (Å²) < 4.78 is 13.9. The first-order valence-corrected chi connectivity index (χ1v) is 12.4. The lowest BCUT2D eigenvalue weighted by atomic mass is 9.92. The summed E-state index contributed by atoms with van der Waals surface area (Å²) in [6, 6.07) is 3.99. The van der Waals surface area contributed by atoms with Gasteiger partial charge in [-0.05, 0) is 78.5 Å². The largest absolute Gasteiger partial charge is 0.490 e. The monoisotopic (exact) mass is 480 g/mol. The third kappa shape index (κ3) is 5.93. The van der Waals surface area contributed by atoms with Crippen molar-refractivity contribution in [2.45, 2.75) is 84.1 Å². The number of fused-ring (bicyclic) bond motifs is 1. The third-order valence-corrected chi connectivity index (χ3v) is 6.54. The Bertz CT molecular complexity index is 1140. The number of amides is 2. The highest BCUT2D eigenvalue weighted by Crippen LogP contribution is 2.33. The molecule has 2 fully saturated rings. The number of carbonyl (C=O) groups excluding carboxylic acids is 2. The van der Waals surface area contributed by atoms with Crippen molar-refractivity contribution in [2.75, 3.05) is 6.61 Å². The van der Waals surface area contributed by atoms with E-state index in [2.05, 4.69) is 19.2 Å². The molecule has 0 radical (unpaired) electrons. The molecular formula is C27H36N4O4. The Kier molecular flexibility index (Phi) is 7.31. The Balaban J connectivity index is 1.57. The number of rotatable bonds is 9. The first kappa shape index (κ1) is 25.0. The summed E-state index contributed by atoms with van der Waals surface area (Å²) in [4.78, 5) is 26.0. The van der Waals surface area contributed by atoms with Crippen LogP contribution in [0.3, 0.4) is 0 Å². The molecule has 2 amide bonds.